The molecule has 1 aliphatic rings. The van der Waals surface area contributed by atoms with Crippen LogP contribution >= 0.6 is 0 Å². The van der Waals surface area contributed by atoms with Crippen LogP contribution in [-0.2, 0) is 10.3 Å². The molecule has 2 aromatic carbocycles. The number of carbonyl (C=O) groups excluding carboxylic acids is 1. The van der Waals surface area contributed by atoms with E-state index in [1.54, 1.807) is 32.6 Å². The zero-order valence-electron chi connectivity index (χ0n) is 19.6. The lowest BCUT2D eigenvalue weighted by molar-refractivity contribution is -0.101. The second kappa shape index (κ2) is 8.97. The average Bonchev–Trinajstić information content (AvgIpc) is 2.71. The van der Waals surface area contributed by atoms with Crippen LogP contribution in [0.2, 0.25) is 0 Å². The van der Waals surface area contributed by atoms with Crippen molar-refractivity contribution in [2.24, 2.45) is 0 Å². The quantitative estimate of drug-likeness (QED) is 0.664. The number of hydrogen-bond acceptors (Lipinski definition) is 4. The Morgan fingerprint density at radius 2 is 1.69 bits per heavy atom. The second-order valence-electron chi connectivity index (χ2n) is 9.77. The van der Waals surface area contributed by atoms with Crippen molar-refractivity contribution in [1.82, 2.24) is 4.90 Å². The lowest BCUT2D eigenvalue weighted by atomic mass is 9.80. The summed E-state index contributed by atoms with van der Waals surface area (Å²) in [5, 5.41) is 20.3. The van der Waals surface area contributed by atoms with Gasteiger partial charge in [-0.2, -0.15) is 0 Å². The number of cyclic esters (lactones) is 1. The van der Waals surface area contributed by atoms with Crippen LogP contribution in [0.5, 0.6) is 0 Å². The van der Waals surface area contributed by atoms with Crippen LogP contribution < -0.4 is 0 Å². The fourth-order valence-corrected chi connectivity index (χ4v) is 4.14. The highest BCUT2D eigenvalue weighted by molar-refractivity contribution is 5.70. The first-order valence-corrected chi connectivity index (χ1v) is 11.0. The van der Waals surface area contributed by atoms with Gasteiger partial charge in [0.2, 0.25) is 0 Å². The Kier molecular flexibility index (Phi) is 6.69. The van der Waals surface area contributed by atoms with Gasteiger partial charge in [0.1, 0.15) is 11.2 Å². The third-order valence-electron chi connectivity index (χ3n) is 5.67. The number of hydrogen-bond donors (Lipinski definition) is 2. The van der Waals surface area contributed by atoms with Crippen LogP contribution in [0.4, 0.5) is 4.79 Å². The molecular formula is C27H33NO4. The van der Waals surface area contributed by atoms with Gasteiger partial charge in [0.25, 0.3) is 0 Å². The van der Waals surface area contributed by atoms with Gasteiger partial charge in [-0.15, -0.1) is 0 Å². The molecule has 2 atom stereocenters. The number of carbonyl (C=O) groups is 1. The molecule has 170 valence electrons. The van der Waals surface area contributed by atoms with Crippen LogP contribution in [0.1, 0.15) is 70.2 Å². The molecule has 1 amide bonds. The third kappa shape index (κ3) is 5.91. The van der Waals surface area contributed by atoms with Gasteiger partial charge in [0.05, 0.1) is 11.6 Å². The van der Waals surface area contributed by atoms with E-state index in [4.69, 9.17) is 4.74 Å². The fraction of sp³-hybridized carbons (Fsp3) is 0.444. The minimum Gasteiger partial charge on any atom is -0.438 e. The predicted octanol–water partition coefficient (Wildman–Crippen LogP) is 4.77. The van der Waals surface area contributed by atoms with E-state index in [1.165, 1.54) is 0 Å². The fourth-order valence-electron chi connectivity index (χ4n) is 4.14. The van der Waals surface area contributed by atoms with Crippen LogP contribution in [-0.4, -0.2) is 39.0 Å². The zero-order valence-corrected chi connectivity index (χ0v) is 19.6. The van der Waals surface area contributed by atoms with Crippen LogP contribution in [0.3, 0.4) is 0 Å². The Hall–Kier alpha value is -2.81. The first-order valence-electron chi connectivity index (χ1n) is 11.0. The number of amides is 1. The van der Waals surface area contributed by atoms with E-state index < -0.39 is 16.8 Å². The van der Waals surface area contributed by atoms with Gasteiger partial charge in [-0.25, -0.2) is 4.79 Å². The Balaban J connectivity index is 1.79. The number of ether oxygens (including phenoxy) is 1. The van der Waals surface area contributed by atoms with E-state index in [0.717, 1.165) is 16.7 Å². The molecule has 0 saturated carbocycles. The molecule has 1 heterocycles. The topological polar surface area (TPSA) is 70.0 Å². The Morgan fingerprint density at radius 1 is 1.06 bits per heavy atom. The largest absolute Gasteiger partial charge is 0.438 e. The molecular weight excluding hydrogens is 402 g/mol. The highest BCUT2D eigenvalue weighted by Crippen LogP contribution is 2.42. The van der Waals surface area contributed by atoms with Crippen molar-refractivity contribution in [3.63, 3.8) is 0 Å². The molecule has 5 heteroatoms. The SMILES string of the molecule is C[C@@H](c1ccc(C#CC(C)(C)O)cc1)N1CCC(CC(C)(C)O)(c2ccccc2)OC1=O. The number of aliphatic hydroxyl groups is 2. The molecule has 2 aromatic rings. The van der Waals surface area contributed by atoms with Gasteiger partial charge in [0, 0.05) is 24.9 Å². The third-order valence-corrected chi connectivity index (χ3v) is 5.67. The molecule has 0 bridgehead atoms. The Bertz CT molecular complexity index is 990. The first-order chi connectivity index (χ1) is 14.9. The summed E-state index contributed by atoms with van der Waals surface area (Å²) < 4.78 is 6.07. The van der Waals surface area contributed by atoms with Crippen molar-refractivity contribution in [1.29, 1.82) is 0 Å². The maximum Gasteiger partial charge on any atom is 0.411 e. The highest BCUT2D eigenvalue weighted by Gasteiger charge is 2.46. The standard InChI is InChI=1S/C27H33NO4/c1-20(22-13-11-21(12-14-22)15-16-25(2,3)30)28-18-17-27(32-24(28)29,19-26(4,5)31)23-9-7-6-8-10-23/h6-14,20,30-31H,17-19H2,1-5H3/t20-,27?/m0/s1. The molecule has 32 heavy (non-hydrogen) atoms. The van der Waals surface area contributed by atoms with Crippen molar-refractivity contribution in [2.75, 3.05) is 6.54 Å². The highest BCUT2D eigenvalue weighted by atomic mass is 16.6. The van der Waals surface area contributed by atoms with Crippen molar-refractivity contribution < 1.29 is 19.7 Å². The molecule has 1 unspecified atom stereocenters. The summed E-state index contributed by atoms with van der Waals surface area (Å²) in [7, 11) is 0. The summed E-state index contributed by atoms with van der Waals surface area (Å²) in [4.78, 5) is 14.9. The lowest BCUT2D eigenvalue weighted by Gasteiger charge is -2.45. The summed E-state index contributed by atoms with van der Waals surface area (Å²) in [5.74, 6) is 5.76. The summed E-state index contributed by atoms with van der Waals surface area (Å²) >= 11 is 0. The molecule has 0 spiro atoms. The van der Waals surface area contributed by atoms with E-state index in [9.17, 15) is 15.0 Å². The molecule has 1 fully saturated rings. The van der Waals surface area contributed by atoms with Crippen molar-refractivity contribution in [2.45, 2.75) is 70.3 Å². The minimum atomic E-state index is -1.04. The zero-order chi connectivity index (χ0) is 23.6. The molecule has 5 nitrogen and oxygen atoms in total. The van der Waals surface area contributed by atoms with Gasteiger partial charge in [0.15, 0.2) is 0 Å². The number of nitrogens with zero attached hydrogens (tertiary/aromatic N) is 1. The number of rotatable bonds is 5. The van der Waals surface area contributed by atoms with Crippen molar-refractivity contribution in [3.8, 4) is 11.8 Å². The number of benzene rings is 2. The van der Waals surface area contributed by atoms with Gasteiger partial charge in [-0.1, -0.05) is 54.3 Å². The van der Waals surface area contributed by atoms with E-state index in [1.807, 2.05) is 61.5 Å². The van der Waals surface area contributed by atoms with Gasteiger partial charge >= 0.3 is 6.09 Å². The second-order valence-corrected chi connectivity index (χ2v) is 9.77. The van der Waals surface area contributed by atoms with Gasteiger partial charge in [-0.05, 0) is 57.9 Å². The van der Waals surface area contributed by atoms with E-state index >= 15 is 0 Å². The molecule has 1 aliphatic heterocycles. The molecule has 1 saturated heterocycles. The maximum atomic E-state index is 13.1. The monoisotopic (exact) mass is 435 g/mol. The summed E-state index contributed by atoms with van der Waals surface area (Å²) in [6.07, 6.45) is 0.529. The van der Waals surface area contributed by atoms with E-state index in [2.05, 4.69) is 11.8 Å². The Morgan fingerprint density at radius 3 is 2.22 bits per heavy atom. The molecule has 0 radical (unpaired) electrons. The Labute approximate surface area is 191 Å². The summed E-state index contributed by atoms with van der Waals surface area (Å²) in [6.45, 7) is 9.26. The lowest BCUT2D eigenvalue weighted by Crippen LogP contribution is -2.51. The van der Waals surface area contributed by atoms with Crippen molar-refractivity contribution in [3.05, 3.63) is 71.3 Å². The molecule has 3 rings (SSSR count). The normalized spacial score (nSPS) is 20.2. The maximum absolute atomic E-state index is 13.1. The summed E-state index contributed by atoms with van der Waals surface area (Å²) in [5.41, 5.74) is -0.203. The van der Waals surface area contributed by atoms with Crippen LogP contribution in [0, 0.1) is 11.8 Å². The smallest absolute Gasteiger partial charge is 0.411 e. The van der Waals surface area contributed by atoms with Crippen LogP contribution in [0.15, 0.2) is 54.6 Å². The predicted molar refractivity (Wildman–Crippen MR) is 125 cm³/mol. The van der Waals surface area contributed by atoms with E-state index in [-0.39, 0.29) is 12.1 Å². The van der Waals surface area contributed by atoms with Gasteiger partial charge < -0.3 is 19.8 Å². The van der Waals surface area contributed by atoms with Crippen molar-refractivity contribution >= 4 is 6.09 Å². The molecule has 0 aromatic heterocycles. The van der Waals surface area contributed by atoms with E-state index in [0.29, 0.717) is 19.4 Å². The molecule has 2 N–H and O–H groups in total. The molecule has 0 aliphatic carbocycles. The summed E-state index contributed by atoms with van der Waals surface area (Å²) in [6, 6.07) is 17.2. The average molecular weight is 436 g/mol. The minimum absolute atomic E-state index is 0.172. The van der Waals surface area contributed by atoms with Gasteiger partial charge in [-0.3, -0.25) is 0 Å². The first kappa shape index (κ1) is 23.8. The van der Waals surface area contributed by atoms with Crippen LogP contribution in [0.25, 0.3) is 0 Å².